The molecule has 1 aliphatic heterocycles. The van der Waals surface area contributed by atoms with Gasteiger partial charge in [-0.05, 0) is 13.8 Å². The summed E-state index contributed by atoms with van der Waals surface area (Å²) in [4.78, 5) is 24.3. The van der Waals surface area contributed by atoms with Crippen molar-refractivity contribution < 1.29 is 9.59 Å². The van der Waals surface area contributed by atoms with Crippen molar-refractivity contribution >= 4 is 23.7 Å². The number of imide groups is 1. The Labute approximate surface area is 88.4 Å². The van der Waals surface area contributed by atoms with E-state index in [-0.39, 0.29) is 11.9 Å². The van der Waals surface area contributed by atoms with Crippen LogP contribution in [0.4, 0.5) is 4.79 Å². The van der Waals surface area contributed by atoms with Gasteiger partial charge in [-0.2, -0.15) is 0 Å². The first-order valence-corrected chi connectivity index (χ1v) is 5.65. The lowest BCUT2D eigenvalue weighted by Gasteiger charge is -2.16. The molecule has 0 aliphatic carbocycles. The van der Waals surface area contributed by atoms with Crippen molar-refractivity contribution in [3.8, 4) is 0 Å². The Hall–Kier alpha value is -0.710. The zero-order valence-corrected chi connectivity index (χ0v) is 9.77. The molecule has 0 bridgehead atoms. The molecule has 0 unspecified atom stereocenters. The number of hydrogen-bond acceptors (Lipinski definition) is 3. The normalized spacial score (nSPS) is 20.5. The van der Waals surface area contributed by atoms with E-state index in [1.807, 2.05) is 13.8 Å². The van der Waals surface area contributed by atoms with E-state index < -0.39 is 5.54 Å². The average molecular weight is 216 g/mol. The van der Waals surface area contributed by atoms with Gasteiger partial charge >= 0.3 is 6.03 Å². The molecule has 0 spiro atoms. The molecule has 80 valence electrons. The molecule has 1 N–H and O–H groups in total. The van der Waals surface area contributed by atoms with Crippen LogP contribution >= 0.6 is 11.8 Å². The summed E-state index contributed by atoms with van der Waals surface area (Å²) in [7, 11) is 0. The van der Waals surface area contributed by atoms with Crippen LogP contribution in [0.2, 0.25) is 0 Å². The number of carbonyl (C=O) groups is 2. The summed E-state index contributed by atoms with van der Waals surface area (Å²) in [6.07, 6.45) is 0. The minimum absolute atomic E-state index is 0.143. The molecule has 0 aromatic heterocycles. The van der Waals surface area contributed by atoms with Gasteiger partial charge in [-0.3, -0.25) is 9.69 Å². The summed E-state index contributed by atoms with van der Waals surface area (Å²) in [5.74, 6) is 0.293. The summed E-state index contributed by atoms with van der Waals surface area (Å²) >= 11 is 1.58. The van der Waals surface area contributed by atoms with Crippen LogP contribution in [0.1, 0.15) is 27.7 Å². The average Bonchev–Trinajstić information content (AvgIpc) is 2.19. The van der Waals surface area contributed by atoms with E-state index >= 15 is 0 Å². The Bertz CT molecular complexity index is 264. The number of thioether (sulfide) groups is 1. The highest BCUT2D eigenvalue weighted by atomic mass is 32.2. The van der Waals surface area contributed by atoms with Crippen LogP contribution in [0.3, 0.4) is 0 Å². The molecular formula is C9H16N2O2S. The van der Waals surface area contributed by atoms with Gasteiger partial charge in [0.15, 0.2) is 0 Å². The number of rotatable bonds is 3. The van der Waals surface area contributed by atoms with Crippen LogP contribution in [0.25, 0.3) is 0 Å². The fourth-order valence-electron chi connectivity index (χ4n) is 1.16. The Kier molecular flexibility index (Phi) is 3.09. The minimum atomic E-state index is -0.741. The second-order valence-electron chi connectivity index (χ2n) is 4.13. The molecule has 0 radical (unpaired) electrons. The van der Waals surface area contributed by atoms with E-state index in [1.54, 1.807) is 25.6 Å². The van der Waals surface area contributed by atoms with E-state index in [1.165, 1.54) is 4.90 Å². The summed E-state index contributed by atoms with van der Waals surface area (Å²) in [6.45, 7) is 7.50. The number of carbonyl (C=O) groups excluding carboxylic acids is 2. The summed E-state index contributed by atoms with van der Waals surface area (Å²) in [6, 6.07) is -0.284. The molecule has 5 heteroatoms. The predicted molar refractivity (Wildman–Crippen MR) is 57.1 cm³/mol. The van der Waals surface area contributed by atoms with Gasteiger partial charge in [-0.15, -0.1) is 11.8 Å². The lowest BCUT2D eigenvalue weighted by molar-refractivity contribution is -0.129. The van der Waals surface area contributed by atoms with Crippen molar-refractivity contribution in [1.82, 2.24) is 10.2 Å². The molecule has 0 atom stereocenters. The van der Waals surface area contributed by atoms with E-state index in [0.29, 0.717) is 11.1 Å². The van der Waals surface area contributed by atoms with Crippen molar-refractivity contribution in [1.29, 1.82) is 0 Å². The second kappa shape index (κ2) is 3.81. The molecule has 0 aromatic carbocycles. The third-order valence-corrected chi connectivity index (χ3v) is 3.06. The SMILES string of the molecule is CC(C)SCN1C(=O)NC(C)(C)C1=O. The van der Waals surface area contributed by atoms with Crippen molar-refractivity contribution in [3.05, 3.63) is 0 Å². The maximum atomic E-state index is 11.7. The molecule has 4 nitrogen and oxygen atoms in total. The van der Waals surface area contributed by atoms with Crippen LogP contribution in [-0.2, 0) is 4.79 Å². The van der Waals surface area contributed by atoms with Gasteiger partial charge in [0.2, 0.25) is 0 Å². The number of amides is 3. The second-order valence-corrected chi connectivity index (χ2v) is 5.67. The van der Waals surface area contributed by atoms with E-state index in [0.717, 1.165) is 0 Å². The van der Waals surface area contributed by atoms with Gasteiger partial charge in [-0.25, -0.2) is 4.79 Å². The van der Waals surface area contributed by atoms with Crippen molar-refractivity contribution in [3.63, 3.8) is 0 Å². The molecule has 14 heavy (non-hydrogen) atoms. The third-order valence-electron chi connectivity index (χ3n) is 1.98. The Morgan fingerprint density at radius 2 is 2.00 bits per heavy atom. The fourth-order valence-corrected chi connectivity index (χ4v) is 1.84. The highest BCUT2D eigenvalue weighted by Gasteiger charge is 2.43. The molecule has 1 saturated heterocycles. The first-order valence-electron chi connectivity index (χ1n) is 4.60. The van der Waals surface area contributed by atoms with Gasteiger partial charge in [0.05, 0.1) is 5.88 Å². The molecule has 1 rings (SSSR count). The quantitative estimate of drug-likeness (QED) is 0.726. The molecular weight excluding hydrogens is 200 g/mol. The van der Waals surface area contributed by atoms with Crippen LogP contribution < -0.4 is 5.32 Å². The highest BCUT2D eigenvalue weighted by molar-refractivity contribution is 7.99. The van der Waals surface area contributed by atoms with E-state index in [2.05, 4.69) is 5.32 Å². The summed E-state index contributed by atoms with van der Waals surface area (Å²) in [5.41, 5.74) is -0.741. The Balaban J connectivity index is 2.62. The Morgan fingerprint density at radius 1 is 1.43 bits per heavy atom. The monoisotopic (exact) mass is 216 g/mol. The smallest absolute Gasteiger partial charge is 0.324 e. The third kappa shape index (κ3) is 2.20. The topological polar surface area (TPSA) is 49.4 Å². The van der Waals surface area contributed by atoms with E-state index in [9.17, 15) is 9.59 Å². The summed E-state index contributed by atoms with van der Waals surface area (Å²) in [5, 5.41) is 3.06. The molecule has 1 aliphatic rings. The largest absolute Gasteiger partial charge is 0.325 e. The molecule has 0 saturated carbocycles. The molecule has 3 amide bonds. The van der Waals surface area contributed by atoms with Crippen molar-refractivity contribution in [2.75, 3.05) is 5.88 Å². The van der Waals surface area contributed by atoms with Gasteiger partial charge in [0, 0.05) is 5.25 Å². The lowest BCUT2D eigenvalue weighted by Crippen LogP contribution is -2.40. The zero-order valence-electron chi connectivity index (χ0n) is 8.96. The fraction of sp³-hybridized carbons (Fsp3) is 0.778. The molecule has 1 heterocycles. The first-order chi connectivity index (χ1) is 6.34. The number of hydrogen-bond donors (Lipinski definition) is 1. The maximum absolute atomic E-state index is 11.7. The molecule has 1 fully saturated rings. The summed E-state index contributed by atoms with van der Waals surface area (Å²) < 4.78 is 0. The number of urea groups is 1. The maximum Gasteiger partial charge on any atom is 0.325 e. The van der Waals surface area contributed by atoms with Crippen LogP contribution in [0.5, 0.6) is 0 Å². The zero-order chi connectivity index (χ0) is 10.9. The van der Waals surface area contributed by atoms with Gasteiger partial charge < -0.3 is 5.32 Å². The highest BCUT2D eigenvalue weighted by Crippen LogP contribution is 2.20. The predicted octanol–water partition coefficient (Wildman–Crippen LogP) is 1.42. The van der Waals surface area contributed by atoms with E-state index in [4.69, 9.17) is 0 Å². The van der Waals surface area contributed by atoms with Gasteiger partial charge in [0.25, 0.3) is 5.91 Å². The van der Waals surface area contributed by atoms with Crippen molar-refractivity contribution in [2.24, 2.45) is 0 Å². The van der Waals surface area contributed by atoms with Gasteiger partial charge in [0.1, 0.15) is 5.54 Å². The van der Waals surface area contributed by atoms with Crippen molar-refractivity contribution in [2.45, 2.75) is 38.5 Å². The molecule has 0 aromatic rings. The van der Waals surface area contributed by atoms with Crippen LogP contribution in [-0.4, -0.2) is 33.5 Å². The van der Waals surface area contributed by atoms with Crippen LogP contribution in [0, 0.1) is 0 Å². The number of nitrogens with zero attached hydrogens (tertiary/aromatic N) is 1. The first kappa shape index (κ1) is 11.4. The lowest BCUT2D eigenvalue weighted by atomic mass is 10.1. The standard InChI is InChI=1S/C9H16N2O2S/c1-6(2)14-5-11-7(12)9(3,4)10-8(11)13/h6H,5H2,1-4H3,(H,10,13). The Morgan fingerprint density at radius 3 is 2.36 bits per heavy atom. The van der Waals surface area contributed by atoms with Crippen LogP contribution in [0.15, 0.2) is 0 Å². The number of nitrogens with one attached hydrogen (secondary N) is 1. The van der Waals surface area contributed by atoms with Gasteiger partial charge in [-0.1, -0.05) is 13.8 Å². The minimum Gasteiger partial charge on any atom is -0.324 e.